The lowest BCUT2D eigenvalue weighted by molar-refractivity contribution is -0.129. The van der Waals surface area contributed by atoms with E-state index in [-0.39, 0.29) is 5.91 Å². The lowest BCUT2D eigenvalue weighted by atomic mass is 10.0. The highest BCUT2D eigenvalue weighted by Crippen LogP contribution is 2.27. The van der Waals surface area contributed by atoms with E-state index >= 15 is 0 Å². The molecule has 3 aromatic heterocycles. The van der Waals surface area contributed by atoms with E-state index in [9.17, 15) is 4.79 Å². The standard InChI is InChI=1S/C21H23N5O2/c1-14-21(15(2)28-25-14)19-10-18(23-13-24-19)8-17-5-7-26(12-17)20(27)9-16-4-3-6-22-11-16/h3-4,6,10-11,13,17H,5,7-9,12H2,1-2H3/t17-/m1/s1. The molecule has 1 aliphatic heterocycles. The molecule has 0 spiro atoms. The van der Waals surface area contributed by atoms with E-state index in [0.717, 1.165) is 59.9 Å². The third-order valence-electron chi connectivity index (χ3n) is 5.23. The fourth-order valence-corrected chi connectivity index (χ4v) is 3.81. The zero-order chi connectivity index (χ0) is 19.5. The molecule has 7 nitrogen and oxygen atoms in total. The Kier molecular flexibility index (Phi) is 5.14. The number of hydrogen-bond donors (Lipinski definition) is 0. The predicted molar refractivity (Wildman–Crippen MR) is 103 cm³/mol. The van der Waals surface area contributed by atoms with Crippen molar-refractivity contribution in [1.82, 2.24) is 25.0 Å². The van der Waals surface area contributed by atoms with E-state index in [1.165, 1.54) is 0 Å². The van der Waals surface area contributed by atoms with Gasteiger partial charge in [0.25, 0.3) is 0 Å². The highest BCUT2D eigenvalue weighted by Gasteiger charge is 2.27. The van der Waals surface area contributed by atoms with E-state index < -0.39 is 0 Å². The summed E-state index contributed by atoms with van der Waals surface area (Å²) >= 11 is 0. The summed E-state index contributed by atoms with van der Waals surface area (Å²) in [4.78, 5) is 27.4. The minimum absolute atomic E-state index is 0.162. The molecule has 0 radical (unpaired) electrons. The molecule has 0 N–H and O–H groups in total. The summed E-state index contributed by atoms with van der Waals surface area (Å²) in [6.45, 7) is 5.37. The fraction of sp³-hybridized carbons (Fsp3) is 0.381. The Morgan fingerprint density at radius 2 is 2.21 bits per heavy atom. The smallest absolute Gasteiger partial charge is 0.227 e. The Hall–Kier alpha value is -3.09. The Balaban J connectivity index is 1.39. The summed E-state index contributed by atoms with van der Waals surface area (Å²) in [7, 11) is 0. The van der Waals surface area contributed by atoms with Crippen LogP contribution < -0.4 is 0 Å². The van der Waals surface area contributed by atoms with Crippen LogP contribution in [0.3, 0.4) is 0 Å². The van der Waals surface area contributed by atoms with Gasteiger partial charge < -0.3 is 9.42 Å². The summed E-state index contributed by atoms with van der Waals surface area (Å²) in [5.74, 6) is 1.33. The molecule has 1 aliphatic rings. The van der Waals surface area contributed by atoms with Gasteiger partial charge in [0.1, 0.15) is 12.1 Å². The van der Waals surface area contributed by atoms with E-state index in [0.29, 0.717) is 12.3 Å². The van der Waals surface area contributed by atoms with Crippen LogP contribution in [-0.2, 0) is 17.6 Å². The van der Waals surface area contributed by atoms with Gasteiger partial charge in [-0.25, -0.2) is 9.97 Å². The molecule has 0 saturated carbocycles. The minimum atomic E-state index is 0.162. The number of carbonyl (C=O) groups is 1. The van der Waals surface area contributed by atoms with Gasteiger partial charge in [-0.3, -0.25) is 9.78 Å². The number of hydrogen-bond acceptors (Lipinski definition) is 6. The topological polar surface area (TPSA) is 85.0 Å². The lowest BCUT2D eigenvalue weighted by Gasteiger charge is -2.16. The van der Waals surface area contributed by atoms with Crippen LogP contribution in [0.4, 0.5) is 0 Å². The molecule has 4 heterocycles. The number of carbonyl (C=O) groups excluding carboxylic acids is 1. The molecule has 1 atom stereocenters. The van der Waals surface area contributed by atoms with Gasteiger partial charge in [-0.1, -0.05) is 11.2 Å². The van der Waals surface area contributed by atoms with Crippen LogP contribution in [-0.4, -0.2) is 44.0 Å². The molecule has 0 unspecified atom stereocenters. The summed E-state index contributed by atoms with van der Waals surface area (Å²) < 4.78 is 5.25. The van der Waals surface area contributed by atoms with Crippen LogP contribution in [0.1, 0.15) is 29.1 Å². The first-order valence-electron chi connectivity index (χ1n) is 9.51. The Labute approximate surface area is 163 Å². The van der Waals surface area contributed by atoms with Crippen molar-refractivity contribution in [2.24, 2.45) is 5.92 Å². The van der Waals surface area contributed by atoms with Crippen molar-refractivity contribution >= 4 is 5.91 Å². The lowest BCUT2D eigenvalue weighted by Crippen LogP contribution is -2.30. The number of rotatable bonds is 5. The maximum atomic E-state index is 12.6. The van der Waals surface area contributed by atoms with Crippen molar-refractivity contribution in [3.8, 4) is 11.3 Å². The summed E-state index contributed by atoms with van der Waals surface area (Å²) in [5, 5.41) is 4.01. The molecule has 144 valence electrons. The number of likely N-dealkylation sites (tertiary alicyclic amines) is 1. The molecule has 28 heavy (non-hydrogen) atoms. The number of pyridine rings is 1. The molecule has 1 fully saturated rings. The van der Waals surface area contributed by atoms with Gasteiger partial charge in [0.05, 0.1) is 23.4 Å². The third kappa shape index (κ3) is 3.93. The van der Waals surface area contributed by atoms with Crippen molar-refractivity contribution < 1.29 is 9.32 Å². The second-order valence-corrected chi connectivity index (χ2v) is 7.33. The van der Waals surface area contributed by atoms with Gasteiger partial charge in [0.15, 0.2) is 0 Å². The number of nitrogens with zero attached hydrogens (tertiary/aromatic N) is 5. The highest BCUT2D eigenvalue weighted by atomic mass is 16.5. The number of aryl methyl sites for hydroxylation is 2. The molecule has 1 saturated heterocycles. The fourth-order valence-electron chi connectivity index (χ4n) is 3.81. The maximum Gasteiger partial charge on any atom is 0.227 e. The van der Waals surface area contributed by atoms with Crippen LogP contribution in [0.2, 0.25) is 0 Å². The van der Waals surface area contributed by atoms with Crippen LogP contribution >= 0.6 is 0 Å². The molecule has 3 aromatic rings. The average molecular weight is 377 g/mol. The van der Waals surface area contributed by atoms with Gasteiger partial charge in [-0.05, 0) is 50.3 Å². The maximum absolute atomic E-state index is 12.6. The zero-order valence-corrected chi connectivity index (χ0v) is 16.1. The van der Waals surface area contributed by atoms with E-state index in [2.05, 4.69) is 20.1 Å². The Morgan fingerprint density at radius 3 is 2.96 bits per heavy atom. The highest BCUT2D eigenvalue weighted by molar-refractivity contribution is 5.79. The van der Waals surface area contributed by atoms with Gasteiger partial charge in [0, 0.05) is 31.2 Å². The largest absolute Gasteiger partial charge is 0.361 e. The van der Waals surface area contributed by atoms with Crippen molar-refractivity contribution in [2.75, 3.05) is 13.1 Å². The normalized spacial score (nSPS) is 16.5. The first-order chi connectivity index (χ1) is 13.6. The quantitative estimate of drug-likeness (QED) is 0.680. The molecule has 0 bridgehead atoms. The number of aromatic nitrogens is 4. The Morgan fingerprint density at radius 1 is 1.32 bits per heavy atom. The monoisotopic (exact) mass is 377 g/mol. The van der Waals surface area contributed by atoms with Crippen LogP contribution in [0.5, 0.6) is 0 Å². The molecule has 1 amide bonds. The minimum Gasteiger partial charge on any atom is -0.361 e. The molecule has 4 rings (SSSR count). The van der Waals surface area contributed by atoms with Gasteiger partial charge in [-0.2, -0.15) is 0 Å². The van der Waals surface area contributed by atoms with Gasteiger partial charge in [0.2, 0.25) is 5.91 Å². The summed E-state index contributed by atoms with van der Waals surface area (Å²) in [5.41, 5.74) is 4.54. The van der Waals surface area contributed by atoms with Crippen LogP contribution in [0, 0.1) is 19.8 Å². The number of amides is 1. The van der Waals surface area contributed by atoms with Crippen molar-refractivity contribution in [3.63, 3.8) is 0 Å². The van der Waals surface area contributed by atoms with E-state index in [1.807, 2.05) is 36.9 Å². The predicted octanol–water partition coefficient (Wildman–Crippen LogP) is 2.78. The molecular weight excluding hydrogens is 354 g/mol. The van der Waals surface area contributed by atoms with Crippen LogP contribution in [0.25, 0.3) is 11.3 Å². The first-order valence-corrected chi connectivity index (χ1v) is 9.51. The second-order valence-electron chi connectivity index (χ2n) is 7.33. The zero-order valence-electron chi connectivity index (χ0n) is 16.1. The van der Waals surface area contributed by atoms with Crippen molar-refractivity contribution in [3.05, 3.63) is 59.6 Å². The SMILES string of the molecule is Cc1noc(C)c1-c1cc(C[C@H]2CCN(C(=O)Cc3cccnc3)C2)ncn1. The Bertz CT molecular complexity index is 950. The van der Waals surface area contributed by atoms with Gasteiger partial charge >= 0.3 is 0 Å². The van der Waals surface area contributed by atoms with Crippen molar-refractivity contribution in [1.29, 1.82) is 0 Å². The first kappa shape index (κ1) is 18.3. The molecular formula is C21H23N5O2. The van der Waals surface area contributed by atoms with Crippen molar-refractivity contribution in [2.45, 2.75) is 33.1 Å². The van der Waals surface area contributed by atoms with E-state index in [4.69, 9.17) is 4.52 Å². The summed E-state index contributed by atoms with van der Waals surface area (Å²) in [6, 6.07) is 5.81. The molecule has 0 aliphatic carbocycles. The van der Waals surface area contributed by atoms with E-state index in [1.54, 1.807) is 18.7 Å². The third-order valence-corrected chi connectivity index (χ3v) is 5.23. The molecule has 0 aromatic carbocycles. The average Bonchev–Trinajstić information content (AvgIpc) is 3.29. The summed E-state index contributed by atoms with van der Waals surface area (Å²) in [6.07, 6.45) is 7.29. The van der Waals surface area contributed by atoms with Gasteiger partial charge in [-0.15, -0.1) is 0 Å². The van der Waals surface area contributed by atoms with Crippen LogP contribution in [0.15, 0.2) is 41.4 Å². The second kappa shape index (κ2) is 7.88. The molecule has 7 heteroatoms.